The van der Waals surface area contributed by atoms with Gasteiger partial charge in [-0.2, -0.15) is 4.98 Å². The molecule has 1 heterocycles. The fraction of sp³-hybridized carbons (Fsp3) is 0.167. The summed E-state index contributed by atoms with van der Waals surface area (Å²) in [6, 6.07) is 5.50. The molecule has 1 aromatic heterocycles. The maximum absolute atomic E-state index is 11.1. The monoisotopic (exact) mass is 337 g/mol. The molecular formula is C12H12BrN5O2. The number of aromatic nitrogens is 2. The largest absolute Gasteiger partial charge is 0.368 e. The number of halogens is 1. The number of aryl methyl sites for hydroxylation is 2. The molecule has 0 unspecified atom stereocenters. The lowest BCUT2D eigenvalue weighted by Crippen LogP contribution is -2.07. The molecule has 0 aliphatic heterocycles. The van der Waals surface area contributed by atoms with E-state index in [1.54, 1.807) is 6.07 Å². The van der Waals surface area contributed by atoms with E-state index in [1.165, 1.54) is 6.92 Å². The molecule has 104 valence electrons. The second kappa shape index (κ2) is 5.41. The standard InChI is InChI=1S/C12H12BrN5O2/c1-6-3-4-8(5-9(6)13)16-11-10(18(19)20)7(2)15-12(14)17-11/h3-5H,1-2H3,(H3,14,15,16,17). The summed E-state index contributed by atoms with van der Waals surface area (Å²) in [7, 11) is 0. The molecule has 0 spiro atoms. The zero-order chi connectivity index (χ0) is 14.9. The average Bonchev–Trinajstić information content (AvgIpc) is 2.32. The van der Waals surface area contributed by atoms with Gasteiger partial charge in [-0.3, -0.25) is 10.1 Å². The van der Waals surface area contributed by atoms with Crippen molar-refractivity contribution in [3.63, 3.8) is 0 Å². The Balaban J connectivity index is 2.47. The zero-order valence-corrected chi connectivity index (χ0v) is 12.4. The van der Waals surface area contributed by atoms with Crippen LogP contribution < -0.4 is 11.1 Å². The topological polar surface area (TPSA) is 107 Å². The fourth-order valence-electron chi connectivity index (χ4n) is 1.70. The van der Waals surface area contributed by atoms with Crippen molar-refractivity contribution < 1.29 is 4.92 Å². The number of anilines is 3. The molecule has 0 aliphatic carbocycles. The third-order valence-electron chi connectivity index (χ3n) is 2.69. The third kappa shape index (κ3) is 2.85. The molecule has 8 heteroatoms. The Bertz CT molecular complexity index is 690. The van der Waals surface area contributed by atoms with E-state index in [1.807, 2.05) is 19.1 Å². The van der Waals surface area contributed by atoms with Gasteiger partial charge in [0, 0.05) is 10.2 Å². The summed E-state index contributed by atoms with van der Waals surface area (Å²) in [4.78, 5) is 18.3. The first kappa shape index (κ1) is 14.2. The molecule has 7 nitrogen and oxygen atoms in total. The normalized spacial score (nSPS) is 10.3. The predicted molar refractivity (Wildman–Crippen MR) is 80.0 cm³/mol. The molecule has 0 radical (unpaired) electrons. The van der Waals surface area contributed by atoms with Crippen molar-refractivity contribution in [1.82, 2.24) is 9.97 Å². The fourth-order valence-corrected chi connectivity index (χ4v) is 2.08. The molecule has 0 atom stereocenters. The molecule has 3 N–H and O–H groups in total. The number of nitrogens with two attached hydrogens (primary N) is 1. The molecule has 0 aliphatic rings. The SMILES string of the molecule is Cc1ccc(Nc2nc(N)nc(C)c2[N+](=O)[O-])cc1Br. The number of hydrogen-bond donors (Lipinski definition) is 2. The van der Waals surface area contributed by atoms with Crippen LogP contribution in [0.4, 0.5) is 23.1 Å². The first-order valence-corrected chi connectivity index (χ1v) is 6.49. The van der Waals surface area contributed by atoms with Gasteiger partial charge in [-0.1, -0.05) is 22.0 Å². The number of nitro groups is 1. The van der Waals surface area contributed by atoms with Gasteiger partial charge in [0.2, 0.25) is 11.8 Å². The van der Waals surface area contributed by atoms with Gasteiger partial charge in [-0.25, -0.2) is 4.98 Å². The highest BCUT2D eigenvalue weighted by atomic mass is 79.9. The van der Waals surface area contributed by atoms with Crippen LogP contribution in [0.1, 0.15) is 11.3 Å². The van der Waals surface area contributed by atoms with Gasteiger partial charge >= 0.3 is 5.69 Å². The first-order valence-electron chi connectivity index (χ1n) is 5.70. The summed E-state index contributed by atoms with van der Waals surface area (Å²) in [6.07, 6.45) is 0. The van der Waals surface area contributed by atoms with Crippen LogP contribution in [0.3, 0.4) is 0 Å². The van der Waals surface area contributed by atoms with E-state index in [9.17, 15) is 10.1 Å². The summed E-state index contributed by atoms with van der Waals surface area (Å²) in [5.74, 6) is 0.0672. The van der Waals surface area contributed by atoms with Crippen molar-refractivity contribution in [2.45, 2.75) is 13.8 Å². The molecule has 0 fully saturated rings. The minimum absolute atomic E-state index is 0.0122. The minimum atomic E-state index is -0.527. The molecule has 2 aromatic rings. The van der Waals surface area contributed by atoms with Crippen LogP contribution in [0.2, 0.25) is 0 Å². The van der Waals surface area contributed by atoms with Gasteiger partial charge in [0.25, 0.3) is 0 Å². The molecule has 0 amide bonds. The summed E-state index contributed by atoms with van der Waals surface area (Å²) in [6.45, 7) is 3.47. The molecule has 0 bridgehead atoms. The van der Waals surface area contributed by atoms with Gasteiger partial charge in [0.1, 0.15) is 5.69 Å². The third-order valence-corrected chi connectivity index (χ3v) is 3.55. The molecule has 20 heavy (non-hydrogen) atoms. The van der Waals surface area contributed by atoms with Gasteiger partial charge in [-0.15, -0.1) is 0 Å². The van der Waals surface area contributed by atoms with Crippen molar-refractivity contribution in [3.05, 3.63) is 44.0 Å². The smallest absolute Gasteiger partial charge is 0.332 e. The molecule has 0 saturated heterocycles. The van der Waals surface area contributed by atoms with Gasteiger partial charge < -0.3 is 11.1 Å². The number of rotatable bonds is 3. The Morgan fingerprint density at radius 2 is 2.05 bits per heavy atom. The second-order valence-electron chi connectivity index (χ2n) is 4.21. The Kier molecular flexibility index (Phi) is 3.84. The van der Waals surface area contributed by atoms with Crippen molar-refractivity contribution in [2.24, 2.45) is 0 Å². The van der Waals surface area contributed by atoms with E-state index in [-0.39, 0.29) is 23.1 Å². The Morgan fingerprint density at radius 1 is 1.35 bits per heavy atom. The number of hydrogen-bond acceptors (Lipinski definition) is 6. The van der Waals surface area contributed by atoms with E-state index in [0.29, 0.717) is 5.69 Å². The Hall–Kier alpha value is -2.22. The summed E-state index contributed by atoms with van der Waals surface area (Å²) >= 11 is 3.40. The van der Waals surface area contributed by atoms with Crippen molar-refractivity contribution in [1.29, 1.82) is 0 Å². The Labute approximate surface area is 123 Å². The van der Waals surface area contributed by atoms with E-state index < -0.39 is 4.92 Å². The quantitative estimate of drug-likeness (QED) is 0.658. The average molecular weight is 338 g/mol. The van der Waals surface area contributed by atoms with Crippen molar-refractivity contribution >= 4 is 39.1 Å². The minimum Gasteiger partial charge on any atom is -0.368 e. The number of nitrogens with one attached hydrogen (secondary N) is 1. The summed E-state index contributed by atoms with van der Waals surface area (Å²) in [5.41, 5.74) is 7.30. The van der Waals surface area contributed by atoms with Crippen LogP contribution in [0.15, 0.2) is 22.7 Å². The summed E-state index contributed by atoms with van der Waals surface area (Å²) < 4.78 is 0.893. The van der Waals surface area contributed by atoms with E-state index in [4.69, 9.17) is 5.73 Å². The number of nitrogens with zero attached hydrogens (tertiary/aromatic N) is 3. The highest BCUT2D eigenvalue weighted by Crippen LogP contribution is 2.30. The lowest BCUT2D eigenvalue weighted by molar-refractivity contribution is -0.385. The van der Waals surface area contributed by atoms with Gasteiger partial charge in [0.05, 0.1) is 4.92 Å². The van der Waals surface area contributed by atoms with E-state index in [2.05, 4.69) is 31.2 Å². The lowest BCUT2D eigenvalue weighted by atomic mass is 10.2. The number of nitrogen functional groups attached to an aromatic ring is 1. The van der Waals surface area contributed by atoms with Crippen LogP contribution in [-0.4, -0.2) is 14.9 Å². The summed E-state index contributed by atoms with van der Waals surface area (Å²) in [5, 5.41) is 14.0. The first-order chi connectivity index (χ1) is 9.38. The maximum Gasteiger partial charge on any atom is 0.332 e. The van der Waals surface area contributed by atoms with E-state index in [0.717, 1.165) is 10.0 Å². The molecule has 1 aromatic carbocycles. The molecular weight excluding hydrogens is 326 g/mol. The molecule has 2 rings (SSSR count). The van der Waals surface area contributed by atoms with Crippen LogP contribution in [0.25, 0.3) is 0 Å². The van der Waals surface area contributed by atoms with E-state index >= 15 is 0 Å². The Morgan fingerprint density at radius 3 is 2.65 bits per heavy atom. The lowest BCUT2D eigenvalue weighted by Gasteiger charge is -2.09. The molecule has 0 saturated carbocycles. The van der Waals surface area contributed by atoms with Crippen molar-refractivity contribution in [2.75, 3.05) is 11.1 Å². The van der Waals surface area contributed by atoms with Crippen molar-refractivity contribution in [3.8, 4) is 0 Å². The second-order valence-corrected chi connectivity index (χ2v) is 5.06. The zero-order valence-electron chi connectivity index (χ0n) is 10.8. The highest BCUT2D eigenvalue weighted by molar-refractivity contribution is 9.10. The van der Waals surface area contributed by atoms with Crippen LogP contribution in [0.5, 0.6) is 0 Å². The van der Waals surface area contributed by atoms with Crippen LogP contribution >= 0.6 is 15.9 Å². The highest BCUT2D eigenvalue weighted by Gasteiger charge is 2.21. The van der Waals surface area contributed by atoms with Crippen LogP contribution in [0, 0.1) is 24.0 Å². The van der Waals surface area contributed by atoms with Gasteiger partial charge in [-0.05, 0) is 31.5 Å². The van der Waals surface area contributed by atoms with Gasteiger partial charge in [0.15, 0.2) is 0 Å². The predicted octanol–water partition coefficient (Wildman–Crippen LogP) is 3.09. The maximum atomic E-state index is 11.1. The van der Waals surface area contributed by atoms with Crippen LogP contribution in [-0.2, 0) is 0 Å². The number of benzene rings is 1.